The number of aliphatic hydroxyl groups excluding tert-OH is 1. The van der Waals surface area contributed by atoms with Crippen LogP contribution in [0.15, 0.2) is 24.0 Å². The van der Waals surface area contributed by atoms with Gasteiger partial charge in [0.1, 0.15) is 0 Å². The molecule has 4 aliphatic rings. The van der Waals surface area contributed by atoms with Crippen molar-refractivity contribution in [3.8, 4) is 11.8 Å². The van der Waals surface area contributed by atoms with Crippen LogP contribution in [0.5, 0.6) is 0 Å². The van der Waals surface area contributed by atoms with E-state index < -0.39 is 11.5 Å². The molecular formula is C28H43NO2. The highest BCUT2D eigenvalue weighted by Gasteiger charge is 2.72. The third-order valence-corrected chi connectivity index (χ3v) is 10.1. The van der Waals surface area contributed by atoms with Crippen LogP contribution in [0.2, 0.25) is 0 Å². The highest BCUT2D eigenvalue weighted by molar-refractivity contribution is 5.34. The van der Waals surface area contributed by atoms with E-state index in [0.29, 0.717) is 23.8 Å². The first-order valence-corrected chi connectivity index (χ1v) is 12.5. The lowest BCUT2D eigenvalue weighted by Crippen LogP contribution is -2.72. The van der Waals surface area contributed by atoms with E-state index in [4.69, 9.17) is 4.74 Å². The van der Waals surface area contributed by atoms with Gasteiger partial charge in [-0.1, -0.05) is 39.2 Å². The molecule has 2 heterocycles. The van der Waals surface area contributed by atoms with E-state index in [9.17, 15) is 5.11 Å². The van der Waals surface area contributed by atoms with Crippen LogP contribution in [-0.4, -0.2) is 42.4 Å². The Labute approximate surface area is 190 Å². The molecule has 1 N–H and O–H groups in total. The van der Waals surface area contributed by atoms with Crippen LogP contribution in [-0.2, 0) is 4.74 Å². The first-order chi connectivity index (χ1) is 14.7. The fourth-order valence-electron chi connectivity index (χ4n) is 8.60. The Morgan fingerprint density at radius 2 is 2.06 bits per heavy atom. The molecule has 0 aromatic carbocycles. The molecule has 3 heteroatoms. The average molecular weight is 426 g/mol. The first kappa shape index (κ1) is 22.9. The standard InChI is InChI=1S/C28H43NO2/c1-8-27-13-9-16-29-17-15-28(24(27)29,23-11-10-22(31-7)18-20(23)4)21(5)26(6,25(27)30)14-12-19(2)3/h10,20-21,23-25,30H,2,8-9,11,13,15-18H2,1,3-7H3/t20?,21?,23?,24?,25-,26+,27+,28?/m0/s1. The van der Waals surface area contributed by atoms with Crippen molar-refractivity contribution in [2.24, 2.45) is 34.0 Å². The number of methoxy groups -OCH3 is 1. The van der Waals surface area contributed by atoms with Crippen LogP contribution in [0.1, 0.15) is 73.1 Å². The highest BCUT2D eigenvalue weighted by Crippen LogP contribution is 2.70. The van der Waals surface area contributed by atoms with E-state index in [0.717, 1.165) is 43.6 Å². The van der Waals surface area contributed by atoms with Crippen molar-refractivity contribution in [1.29, 1.82) is 0 Å². The lowest BCUT2D eigenvalue weighted by atomic mass is 9.39. The normalized spacial score (nSPS) is 47.1. The van der Waals surface area contributed by atoms with Crippen molar-refractivity contribution < 1.29 is 9.84 Å². The van der Waals surface area contributed by atoms with Gasteiger partial charge in [0, 0.05) is 17.9 Å². The summed E-state index contributed by atoms with van der Waals surface area (Å²) in [7, 11) is 1.81. The van der Waals surface area contributed by atoms with Crippen LogP contribution in [0.25, 0.3) is 0 Å². The molecule has 0 aromatic rings. The second-order valence-electron chi connectivity index (χ2n) is 11.3. The van der Waals surface area contributed by atoms with Gasteiger partial charge in [0.2, 0.25) is 0 Å². The molecule has 0 radical (unpaired) electrons. The molecule has 31 heavy (non-hydrogen) atoms. The van der Waals surface area contributed by atoms with Gasteiger partial charge >= 0.3 is 0 Å². The van der Waals surface area contributed by atoms with Gasteiger partial charge in [0.05, 0.1) is 24.4 Å². The fourth-order valence-corrected chi connectivity index (χ4v) is 8.60. The monoisotopic (exact) mass is 425 g/mol. The molecule has 2 aliphatic carbocycles. The summed E-state index contributed by atoms with van der Waals surface area (Å²) < 4.78 is 5.65. The van der Waals surface area contributed by atoms with Gasteiger partial charge in [-0.2, -0.15) is 0 Å². The number of rotatable bonds is 3. The second kappa shape index (κ2) is 7.96. The number of hydrogen-bond donors (Lipinski definition) is 1. The van der Waals surface area contributed by atoms with E-state index >= 15 is 0 Å². The number of aliphatic hydroxyl groups is 1. The third kappa shape index (κ3) is 3.08. The molecule has 0 aromatic heterocycles. The molecule has 3 fully saturated rings. The number of ether oxygens (including phenoxy) is 1. The van der Waals surface area contributed by atoms with Gasteiger partial charge in [0.25, 0.3) is 0 Å². The molecule has 2 aliphatic heterocycles. The molecule has 2 saturated heterocycles. The van der Waals surface area contributed by atoms with E-state index in [2.05, 4.69) is 57.1 Å². The maximum atomic E-state index is 12.1. The summed E-state index contributed by atoms with van der Waals surface area (Å²) in [5.74, 6) is 9.56. The molecular weight excluding hydrogens is 382 g/mol. The average Bonchev–Trinajstić information content (AvgIpc) is 3.16. The zero-order valence-corrected chi connectivity index (χ0v) is 20.6. The van der Waals surface area contributed by atoms with E-state index in [-0.39, 0.29) is 10.8 Å². The largest absolute Gasteiger partial charge is 0.501 e. The van der Waals surface area contributed by atoms with Crippen LogP contribution in [0, 0.1) is 45.8 Å². The van der Waals surface area contributed by atoms with Gasteiger partial charge in [0.15, 0.2) is 0 Å². The third-order valence-electron chi connectivity index (χ3n) is 10.1. The molecule has 5 unspecified atom stereocenters. The predicted octanol–water partition coefficient (Wildman–Crippen LogP) is 5.41. The Hall–Kier alpha value is -1.24. The smallest absolute Gasteiger partial charge is 0.0918 e. The van der Waals surface area contributed by atoms with Crippen molar-refractivity contribution in [2.45, 2.75) is 85.3 Å². The van der Waals surface area contributed by atoms with Crippen LogP contribution in [0.3, 0.4) is 0 Å². The van der Waals surface area contributed by atoms with Gasteiger partial charge in [-0.15, -0.1) is 0 Å². The van der Waals surface area contributed by atoms with Gasteiger partial charge < -0.3 is 9.84 Å². The summed E-state index contributed by atoms with van der Waals surface area (Å²) >= 11 is 0. The minimum absolute atomic E-state index is 0.0786. The van der Waals surface area contributed by atoms with Crippen molar-refractivity contribution >= 4 is 0 Å². The Morgan fingerprint density at radius 1 is 1.32 bits per heavy atom. The molecule has 1 saturated carbocycles. The van der Waals surface area contributed by atoms with Crippen LogP contribution in [0.4, 0.5) is 0 Å². The quantitative estimate of drug-likeness (QED) is 0.614. The zero-order valence-electron chi connectivity index (χ0n) is 20.6. The summed E-state index contributed by atoms with van der Waals surface area (Å²) in [6.07, 6.45) is 8.60. The number of allylic oxidation sites excluding steroid dienone is 3. The number of piperidine rings is 1. The van der Waals surface area contributed by atoms with Crippen molar-refractivity contribution in [3.63, 3.8) is 0 Å². The summed E-state index contributed by atoms with van der Waals surface area (Å²) in [5, 5.41) is 12.1. The first-order valence-electron chi connectivity index (χ1n) is 12.5. The lowest BCUT2D eigenvalue weighted by Gasteiger charge is -2.68. The van der Waals surface area contributed by atoms with E-state index in [1.165, 1.54) is 19.4 Å². The molecule has 4 rings (SSSR count). The maximum absolute atomic E-state index is 12.1. The van der Waals surface area contributed by atoms with Crippen molar-refractivity contribution in [1.82, 2.24) is 4.90 Å². The SMILES string of the molecule is C=C(C)C#C[C@]1(C)C(C)C2(C3CC=C(OC)CC3C)CCN3CCC[C@](CC)(C32)[C@H]1O. The Bertz CT molecular complexity index is 821. The fraction of sp³-hybridized carbons (Fsp3) is 0.786. The summed E-state index contributed by atoms with van der Waals surface area (Å²) in [4.78, 5) is 2.76. The molecule has 0 amide bonds. The predicted molar refractivity (Wildman–Crippen MR) is 127 cm³/mol. The molecule has 0 spiro atoms. The summed E-state index contributed by atoms with van der Waals surface area (Å²) in [6, 6.07) is 0.452. The molecule has 172 valence electrons. The van der Waals surface area contributed by atoms with E-state index in [1.54, 1.807) is 0 Å². The Morgan fingerprint density at radius 3 is 2.68 bits per heavy atom. The maximum Gasteiger partial charge on any atom is 0.0918 e. The Kier molecular flexibility index (Phi) is 5.89. The van der Waals surface area contributed by atoms with Gasteiger partial charge in [-0.05, 0) is 93.9 Å². The summed E-state index contributed by atoms with van der Waals surface area (Å²) in [5.41, 5.74) is 0.551. The van der Waals surface area contributed by atoms with Crippen molar-refractivity contribution in [3.05, 3.63) is 24.0 Å². The minimum atomic E-state index is -0.427. The number of nitrogens with zero attached hydrogens (tertiary/aromatic N) is 1. The highest BCUT2D eigenvalue weighted by atomic mass is 16.5. The topological polar surface area (TPSA) is 32.7 Å². The van der Waals surface area contributed by atoms with Crippen LogP contribution >= 0.6 is 0 Å². The molecule has 3 nitrogen and oxygen atoms in total. The lowest BCUT2D eigenvalue weighted by molar-refractivity contribution is -0.224. The molecule has 0 bridgehead atoms. The van der Waals surface area contributed by atoms with E-state index in [1.807, 2.05) is 14.0 Å². The second-order valence-corrected chi connectivity index (χ2v) is 11.3. The minimum Gasteiger partial charge on any atom is -0.501 e. The summed E-state index contributed by atoms with van der Waals surface area (Å²) in [6.45, 7) is 17.8. The number of hydrogen-bond acceptors (Lipinski definition) is 3. The Balaban J connectivity index is 1.91. The van der Waals surface area contributed by atoms with Gasteiger partial charge in [-0.3, -0.25) is 4.90 Å². The zero-order chi connectivity index (χ0) is 22.6. The van der Waals surface area contributed by atoms with Crippen LogP contribution < -0.4 is 0 Å². The van der Waals surface area contributed by atoms with Gasteiger partial charge in [-0.25, -0.2) is 0 Å². The van der Waals surface area contributed by atoms with Crippen molar-refractivity contribution in [2.75, 3.05) is 20.2 Å². The molecule has 8 atom stereocenters.